The van der Waals surface area contributed by atoms with Gasteiger partial charge in [0.05, 0.1) is 7.11 Å². The van der Waals surface area contributed by atoms with Crippen LogP contribution in [0.3, 0.4) is 0 Å². The minimum absolute atomic E-state index is 0.0363. The second kappa shape index (κ2) is 11.7. The lowest BCUT2D eigenvalue weighted by molar-refractivity contribution is -0.140. The van der Waals surface area contributed by atoms with Gasteiger partial charge >= 0.3 is 5.97 Å². The number of nitrogens with zero attached hydrogens (tertiary/aromatic N) is 1. The first kappa shape index (κ1) is 25.9. The van der Waals surface area contributed by atoms with E-state index < -0.39 is 5.97 Å². The Balaban J connectivity index is 1.30. The minimum Gasteiger partial charge on any atom is -0.497 e. The lowest BCUT2D eigenvalue weighted by atomic mass is 9.75. The molecule has 1 aliphatic heterocycles. The summed E-state index contributed by atoms with van der Waals surface area (Å²) in [5, 5.41) is 9.04. The number of hydrogen-bond acceptors (Lipinski definition) is 4. The molecule has 1 saturated carbocycles. The van der Waals surface area contributed by atoms with Crippen LogP contribution in [0.5, 0.6) is 5.75 Å². The van der Waals surface area contributed by atoms with E-state index in [0.717, 1.165) is 54.5 Å². The smallest absolute Gasteiger partial charge is 0.303 e. The van der Waals surface area contributed by atoms with Crippen molar-refractivity contribution in [1.29, 1.82) is 0 Å². The summed E-state index contributed by atoms with van der Waals surface area (Å²) in [7, 11) is 1.62. The molecule has 2 aromatic carbocycles. The summed E-state index contributed by atoms with van der Waals surface area (Å²) in [4.78, 5) is 38.9. The summed E-state index contributed by atoms with van der Waals surface area (Å²) >= 11 is 0. The van der Waals surface area contributed by atoms with E-state index in [0.29, 0.717) is 31.8 Å². The van der Waals surface area contributed by atoms with E-state index in [4.69, 9.17) is 9.84 Å². The molecule has 2 aliphatic rings. The van der Waals surface area contributed by atoms with Crippen molar-refractivity contribution in [2.75, 3.05) is 13.7 Å². The van der Waals surface area contributed by atoms with Gasteiger partial charge in [-0.25, -0.2) is 0 Å². The molecule has 6 nitrogen and oxygen atoms in total. The Morgan fingerprint density at radius 1 is 1.00 bits per heavy atom. The normalized spacial score (nSPS) is 20.3. The predicted molar refractivity (Wildman–Crippen MR) is 138 cm³/mol. The number of benzene rings is 2. The highest BCUT2D eigenvalue weighted by atomic mass is 16.5. The number of rotatable bonds is 9. The van der Waals surface area contributed by atoms with Crippen LogP contribution in [-0.2, 0) is 40.2 Å². The van der Waals surface area contributed by atoms with Gasteiger partial charge in [-0.1, -0.05) is 37.3 Å². The Kier molecular flexibility index (Phi) is 8.44. The average molecular weight is 492 g/mol. The van der Waals surface area contributed by atoms with Crippen LogP contribution < -0.4 is 4.74 Å². The SMILES string of the molecule is COc1cccc(CC(=O)Cc2ccc3c(c2)CCN(C(=O)C(C)C2CCC(CC(=O)O)CC2)C3)c1. The summed E-state index contributed by atoms with van der Waals surface area (Å²) in [5.74, 6) is 0.960. The zero-order chi connectivity index (χ0) is 25.7. The summed E-state index contributed by atoms with van der Waals surface area (Å²) in [6, 6.07) is 13.8. The van der Waals surface area contributed by atoms with Crippen molar-refractivity contribution in [2.24, 2.45) is 17.8 Å². The second-order valence-electron chi connectivity index (χ2n) is 10.5. The largest absolute Gasteiger partial charge is 0.497 e. The van der Waals surface area contributed by atoms with Gasteiger partial charge in [0.15, 0.2) is 0 Å². The highest BCUT2D eigenvalue weighted by Crippen LogP contribution is 2.36. The molecule has 0 radical (unpaired) electrons. The van der Waals surface area contributed by atoms with Crippen molar-refractivity contribution in [3.05, 3.63) is 64.7 Å². The van der Waals surface area contributed by atoms with Crippen molar-refractivity contribution in [3.8, 4) is 5.75 Å². The van der Waals surface area contributed by atoms with Gasteiger partial charge in [0, 0.05) is 38.3 Å². The molecule has 1 amide bonds. The summed E-state index contributed by atoms with van der Waals surface area (Å²) in [6.45, 7) is 3.35. The lowest BCUT2D eigenvalue weighted by Crippen LogP contribution is -2.41. The van der Waals surface area contributed by atoms with Gasteiger partial charge in [0.2, 0.25) is 5.91 Å². The molecule has 1 atom stereocenters. The first-order valence-electron chi connectivity index (χ1n) is 13.1. The van der Waals surface area contributed by atoms with E-state index in [2.05, 4.69) is 12.1 Å². The van der Waals surface area contributed by atoms with Gasteiger partial charge in [0.1, 0.15) is 11.5 Å². The fourth-order valence-corrected chi connectivity index (χ4v) is 5.83. The summed E-state index contributed by atoms with van der Waals surface area (Å²) in [5.41, 5.74) is 4.37. The predicted octanol–water partition coefficient (Wildman–Crippen LogP) is 4.85. The standard InChI is InChI=1S/C30H37NO5/c1-20(24-9-6-21(7-10-24)18-29(33)34)30(35)31-13-12-25-14-23(8-11-26(25)19-31)16-27(32)15-22-4-3-5-28(17-22)36-2/h3-5,8,11,14,17,20-21,24H,6-7,9-10,12-13,15-16,18-19H2,1-2H3,(H,33,34). The molecule has 192 valence electrons. The quantitative estimate of drug-likeness (QED) is 0.542. The van der Waals surface area contributed by atoms with Crippen LogP contribution in [0.15, 0.2) is 42.5 Å². The molecule has 1 N–H and O–H groups in total. The Bertz CT molecular complexity index is 1100. The average Bonchev–Trinajstić information content (AvgIpc) is 2.87. The van der Waals surface area contributed by atoms with Crippen molar-refractivity contribution < 1.29 is 24.2 Å². The Hall–Kier alpha value is -3.15. The number of methoxy groups -OCH3 is 1. The van der Waals surface area contributed by atoms with Crippen molar-refractivity contribution >= 4 is 17.7 Å². The Morgan fingerprint density at radius 3 is 2.42 bits per heavy atom. The fourth-order valence-electron chi connectivity index (χ4n) is 5.83. The maximum Gasteiger partial charge on any atom is 0.303 e. The second-order valence-corrected chi connectivity index (χ2v) is 10.5. The van der Waals surface area contributed by atoms with Crippen molar-refractivity contribution in [1.82, 2.24) is 4.90 Å². The Labute approximate surface area is 213 Å². The molecule has 6 heteroatoms. The maximum absolute atomic E-state index is 13.3. The highest BCUT2D eigenvalue weighted by molar-refractivity contribution is 5.83. The van der Waals surface area contributed by atoms with Crippen LogP contribution >= 0.6 is 0 Å². The van der Waals surface area contributed by atoms with E-state index in [9.17, 15) is 14.4 Å². The molecule has 1 aliphatic carbocycles. The van der Waals surface area contributed by atoms with Gasteiger partial charge in [-0.05, 0) is 78.3 Å². The van der Waals surface area contributed by atoms with Crippen LogP contribution in [0.25, 0.3) is 0 Å². The third kappa shape index (κ3) is 6.54. The third-order valence-electron chi connectivity index (χ3n) is 7.98. The number of ether oxygens (including phenoxy) is 1. The number of hydrogen-bond donors (Lipinski definition) is 1. The third-order valence-corrected chi connectivity index (χ3v) is 7.98. The van der Waals surface area contributed by atoms with Crippen molar-refractivity contribution in [2.45, 2.75) is 64.8 Å². The summed E-state index contributed by atoms with van der Waals surface area (Å²) in [6.07, 6.45) is 5.49. The number of aliphatic carboxylic acids is 1. The van der Waals surface area contributed by atoms with E-state index in [1.807, 2.05) is 42.2 Å². The van der Waals surface area contributed by atoms with Gasteiger partial charge < -0.3 is 14.7 Å². The van der Waals surface area contributed by atoms with Gasteiger partial charge in [0.25, 0.3) is 0 Å². The van der Waals surface area contributed by atoms with Gasteiger partial charge in [-0.2, -0.15) is 0 Å². The van der Waals surface area contributed by atoms with E-state index in [-0.39, 0.29) is 29.9 Å². The molecule has 36 heavy (non-hydrogen) atoms. The molecule has 1 fully saturated rings. The topological polar surface area (TPSA) is 83.9 Å². The van der Waals surface area contributed by atoms with Crippen LogP contribution in [0.1, 0.15) is 61.3 Å². The van der Waals surface area contributed by atoms with Crippen LogP contribution in [0.4, 0.5) is 0 Å². The molecule has 0 aromatic heterocycles. The number of Topliss-reactive ketones (excluding diaryl/α,β-unsaturated/α-hetero) is 1. The maximum atomic E-state index is 13.3. The zero-order valence-electron chi connectivity index (χ0n) is 21.4. The molecule has 4 rings (SSSR count). The lowest BCUT2D eigenvalue weighted by Gasteiger charge is -2.36. The Morgan fingerprint density at radius 2 is 1.72 bits per heavy atom. The first-order chi connectivity index (χ1) is 17.3. The number of carboxylic acids is 1. The molecule has 1 heterocycles. The van der Waals surface area contributed by atoms with E-state index in [1.54, 1.807) is 7.11 Å². The molecule has 0 bridgehead atoms. The van der Waals surface area contributed by atoms with Crippen molar-refractivity contribution in [3.63, 3.8) is 0 Å². The number of carboxylic acid groups (broad SMARTS) is 1. The molecule has 2 aromatic rings. The molecule has 1 unspecified atom stereocenters. The molecule has 0 spiro atoms. The first-order valence-corrected chi connectivity index (χ1v) is 13.1. The van der Waals surface area contributed by atoms with Crippen LogP contribution in [0, 0.1) is 17.8 Å². The number of amides is 1. The number of ketones is 1. The highest BCUT2D eigenvalue weighted by Gasteiger charge is 2.33. The van der Waals surface area contributed by atoms with Gasteiger partial charge in [-0.3, -0.25) is 14.4 Å². The molecule has 0 saturated heterocycles. The number of fused-ring (bicyclic) bond motifs is 1. The minimum atomic E-state index is -0.723. The number of carbonyl (C=O) groups excluding carboxylic acids is 2. The van der Waals surface area contributed by atoms with E-state index in [1.165, 1.54) is 5.56 Å². The number of carbonyl (C=O) groups is 3. The molecular weight excluding hydrogens is 454 g/mol. The summed E-state index contributed by atoms with van der Waals surface area (Å²) < 4.78 is 5.25. The van der Waals surface area contributed by atoms with E-state index >= 15 is 0 Å². The molecular formula is C30H37NO5. The van der Waals surface area contributed by atoms with Crippen LogP contribution in [-0.4, -0.2) is 41.3 Å². The van der Waals surface area contributed by atoms with Gasteiger partial charge in [-0.15, -0.1) is 0 Å². The van der Waals surface area contributed by atoms with Crippen LogP contribution in [0.2, 0.25) is 0 Å². The monoisotopic (exact) mass is 491 g/mol. The zero-order valence-corrected chi connectivity index (χ0v) is 21.4. The fraction of sp³-hybridized carbons (Fsp3) is 0.500.